The summed E-state index contributed by atoms with van der Waals surface area (Å²) >= 11 is 0. The third kappa shape index (κ3) is 4.43. The van der Waals surface area contributed by atoms with Gasteiger partial charge in [0, 0.05) is 24.9 Å². The van der Waals surface area contributed by atoms with Gasteiger partial charge in [-0.3, -0.25) is 14.4 Å². The van der Waals surface area contributed by atoms with Gasteiger partial charge in [0.05, 0.1) is 22.9 Å². The maximum Gasteiger partial charge on any atom is 0.332 e. The van der Waals surface area contributed by atoms with Gasteiger partial charge < -0.3 is 14.9 Å². The highest BCUT2D eigenvalue weighted by atomic mass is 19.1. The molecule has 2 aromatic carbocycles. The Balaban J connectivity index is 1.42. The molecule has 3 aromatic rings. The van der Waals surface area contributed by atoms with E-state index in [1.54, 1.807) is 29.2 Å². The molecular formula is C27H28FN5O5. The third-order valence-electron chi connectivity index (χ3n) is 7.33. The number of likely N-dealkylation sites (tertiary alicyclic amines) is 1. The Morgan fingerprint density at radius 2 is 1.79 bits per heavy atom. The van der Waals surface area contributed by atoms with Crippen LogP contribution in [0.25, 0.3) is 10.8 Å². The van der Waals surface area contributed by atoms with Gasteiger partial charge in [0.25, 0.3) is 11.5 Å². The van der Waals surface area contributed by atoms with Crippen LogP contribution in [0.3, 0.4) is 0 Å². The molecule has 5 rings (SSSR count). The van der Waals surface area contributed by atoms with Crippen LogP contribution in [0, 0.1) is 5.82 Å². The Morgan fingerprint density at radius 3 is 2.50 bits per heavy atom. The second-order valence-electron chi connectivity index (χ2n) is 10.2. The smallest absolute Gasteiger partial charge is 0.332 e. The predicted octanol–water partition coefficient (Wildman–Crippen LogP) is 2.18. The summed E-state index contributed by atoms with van der Waals surface area (Å²) in [6.45, 7) is 3.45. The van der Waals surface area contributed by atoms with Crippen LogP contribution in [0.4, 0.5) is 14.9 Å². The summed E-state index contributed by atoms with van der Waals surface area (Å²) in [5.74, 6) is -1.74. The van der Waals surface area contributed by atoms with Crippen LogP contribution in [-0.2, 0) is 16.0 Å². The Labute approximate surface area is 217 Å². The van der Waals surface area contributed by atoms with Crippen LogP contribution >= 0.6 is 0 Å². The number of hydrogen-bond donors (Lipinski definition) is 2. The number of anilines is 1. The van der Waals surface area contributed by atoms with Crippen LogP contribution in [-0.4, -0.2) is 74.2 Å². The molecule has 10 nitrogen and oxygen atoms in total. The summed E-state index contributed by atoms with van der Waals surface area (Å²) in [6, 6.07) is 10.3. The number of hydrogen-bond acceptors (Lipinski definition) is 6. The first-order chi connectivity index (χ1) is 18.1. The summed E-state index contributed by atoms with van der Waals surface area (Å²) in [4.78, 5) is 55.3. The van der Waals surface area contributed by atoms with Crippen LogP contribution in [0.2, 0.25) is 0 Å². The number of urea groups is 1. The molecule has 4 amide bonds. The molecular weight excluding hydrogens is 493 g/mol. The van der Waals surface area contributed by atoms with Gasteiger partial charge >= 0.3 is 6.03 Å². The molecule has 0 bridgehead atoms. The molecule has 2 aliphatic heterocycles. The lowest BCUT2D eigenvalue weighted by Gasteiger charge is -2.33. The normalized spacial score (nSPS) is 18.1. The molecule has 2 N–H and O–H groups in total. The Bertz CT molecular complexity index is 1490. The van der Waals surface area contributed by atoms with Crippen molar-refractivity contribution >= 4 is 34.3 Å². The monoisotopic (exact) mass is 521 g/mol. The minimum Gasteiger partial charge on any atom is -0.393 e. The number of aliphatic hydroxyl groups excluding tert-OH is 1. The highest BCUT2D eigenvalue weighted by molar-refractivity contribution is 6.23. The van der Waals surface area contributed by atoms with E-state index in [2.05, 4.69) is 10.2 Å². The number of amides is 4. The fraction of sp³-hybridized carbons (Fsp3) is 0.370. The lowest BCUT2D eigenvalue weighted by atomic mass is 10.0. The van der Waals surface area contributed by atoms with E-state index in [1.807, 2.05) is 0 Å². The maximum atomic E-state index is 15.1. The van der Waals surface area contributed by atoms with Crippen molar-refractivity contribution in [3.05, 3.63) is 69.9 Å². The number of rotatable bonds is 5. The number of carbonyl (C=O) groups is 3. The number of aromatic nitrogens is 2. The van der Waals surface area contributed by atoms with Crippen molar-refractivity contribution < 1.29 is 23.9 Å². The zero-order valence-corrected chi connectivity index (χ0v) is 21.1. The lowest BCUT2D eigenvalue weighted by Crippen LogP contribution is -2.51. The van der Waals surface area contributed by atoms with Crippen LogP contribution < -0.4 is 10.5 Å². The number of nitrogens with zero attached hydrogens (tertiary/aromatic N) is 4. The summed E-state index contributed by atoms with van der Waals surface area (Å²) in [5.41, 5.74) is -0.784. The van der Waals surface area contributed by atoms with Gasteiger partial charge in [-0.2, -0.15) is 5.10 Å². The maximum absolute atomic E-state index is 15.1. The van der Waals surface area contributed by atoms with Crippen molar-refractivity contribution in [2.24, 2.45) is 0 Å². The summed E-state index contributed by atoms with van der Waals surface area (Å²) in [6.07, 6.45) is 0.658. The van der Waals surface area contributed by atoms with Gasteiger partial charge in [0.2, 0.25) is 5.91 Å². The third-order valence-corrected chi connectivity index (χ3v) is 7.33. The molecule has 0 unspecified atom stereocenters. The fourth-order valence-electron chi connectivity index (χ4n) is 5.00. The Kier molecular flexibility index (Phi) is 6.47. The zero-order valence-electron chi connectivity index (χ0n) is 21.1. The minimum absolute atomic E-state index is 0.213. The van der Waals surface area contributed by atoms with Gasteiger partial charge in [0.15, 0.2) is 0 Å². The van der Waals surface area contributed by atoms with Gasteiger partial charge in [-0.05, 0) is 50.5 Å². The van der Waals surface area contributed by atoms with Gasteiger partial charge in [-0.15, -0.1) is 0 Å². The topological polar surface area (TPSA) is 127 Å². The predicted molar refractivity (Wildman–Crippen MR) is 137 cm³/mol. The molecule has 0 saturated carbocycles. The first-order valence-electron chi connectivity index (χ1n) is 12.4. The van der Waals surface area contributed by atoms with E-state index >= 15 is 4.39 Å². The number of piperidine rings is 1. The van der Waals surface area contributed by atoms with E-state index in [9.17, 15) is 24.3 Å². The van der Waals surface area contributed by atoms with Crippen molar-refractivity contribution in [3.8, 4) is 0 Å². The molecule has 1 aromatic heterocycles. The number of halogens is 1. The Hall–Kier alpha value is -4.12. The lowest BCUT2D eigenvalue weighted by molar-refractivity contribution is -0.135. The summed E-state index contributed by atoms with van der Waals surface area (Å²) < 4.78 is 15.1. The van der Waals surface area contributed by atoms with Crippen LogP contribution in [0.5, 0.6) is 0 Å². The van der Waals surface area contributed by atoms with Crippen molar-refractivity contribution in [1.29, 1.82) is 0 Å². The van der Waals surface area contributed by atoms with Gasteiger partial charge in [-0.25, -0.2) is 19.2 Å². The fourth-order valence-corrected chi connectivity index (χ4v) is 5.00. The van der Waals surface area contributed by atoms with E-state index in [-0.39, 0.29) is 30.1 Å². The molecule has 11 heteroatoms. The largest absolute Gasteiger partial charge is 0.393 e. The second kappa shape index (κ2) is 9.64. The number of aliphatic hydroxyl groups is 1. The summed E-state index contributed by atoms with van der Waals surface area (Å²) in [5, 5.41) is 17.4. The number of aromatic amines is 1. The average Bonchev–Trinajstić information content (AvgIpc) is 3.06. The van der Waals surface area contributed by atoms with Crippen molar-refractivity contribution in [2.75, 3.05) is 24.5 Å². The SMILES string of the molecule is CC1(C)C(=O)N(c2cc(Cc3n[nH]c(=O)c4ccccc34)ccc2F)C(=O)N1CC(=O)N1CCC(O)CC1. The van der Waals surface area contributed by atoms with Gasteiger partial charge in [0.1, 0.15) is 17.9 Å². The molecule has 0 aliphatic carbocycles. The number of H-pyrrole nitrogens is 1. The second-order valence-corrected chi connectivity index (χ2v) is 10.2. The van der Waals surface area contributed by atoms with E-state index in [1.165, 1.54) is 32.0 Å². The highest BCUT2D eigenvalue weighted by Crippen LogP contribution is 2.34. The number of nitrogens with one attached hydrogen (secondary N) is 1. The van der Waals surface area contributed by atoms with Crippen molar-refractivity contribution in [1.82, 2.24) is 20.0 Å². The quantitative estimate of drug-likeness (QED) is 0.496. The first-order valence-corrected chi connectivity index (χ1v) is 12.4. The van der Waals surface area contributed by atoms with E-state index in [0.29, 0.717) is 48.0 Å². The van der Waals surface area contributed by atoms with Gasteiger partial charge in [-0.1, -0.05) is 24.3 Å². The van der Waals surface area contributed by atoms with E-state index in [4.69, 9.17) is 0 Å². The van der Waals surface area contributed by atoms with Crippen molar-refractivity contribution in [3.63, 3.8) is 0 Å². The number of imide groups is 1. The molecule has 2 aliphatic rings. The molecule has 2 saturated heterocycles. The number of benzene rings is 2. The molecule has 2 fully saturated rings. The molecule has 198 valence electrons. The van der Waals surface area contributed by atoms with Crippen LogP contribution in [0.15, 0.2) is 47.3 Å². The molecule has 0 atom stereocenters. The highest BCUT2D eigenvalue weighted by Gasteiger charge is 2.53. The average molecular weight is 522 g/mol. The number of carbonyl (C=O) groups excluding carboxylic acids is 3. The standard InChI is InChI=1S/C27H28FN5O5/c1-27(2)25(37)33(26(38)32(27)15-23(35)31-11-9-17(34)10-12-31)22-14-16(7-8-20(22)28)13-21-18-5-3-4-6-19(18)24(36)30-29-21/h3-8,14,17,34H,9-13,15H2,1-2H3,(H,30,36). The van der Waals surface area contributed by atoms with E-state index in [0.717, 1.165) is 9.80 Å². The first kappa shape index (κ1) is 25.5. The van der Waals surface area contributed by atoms with E-state index < -0.39 is 29.4 Å². The molecule has 0 spiro atoms. The van der Waals surface area contributed by atoms with Crippen LogP contribution in [0.1, 0.15) is 37.9 Å². The minimum atomic E-state index is -1.37. The molecule has 0 radical (unpaired) electrons. The van der Waals surface area contributed by atoms with Crippen molar-refractivity contribution in [2.45, 2.75) is 44.8 Å². The number of fused-ring (bicyclic) bond motifs is 1. The summed E-state index contributed by atoms with van der Waals surface area (Å²) in [7, 11) is 0. The zero-order chi connectivity index (χ0) is 27.2. The molecule has 3 heterocycles. The Morgan fingerprint density at radius 1 is 1.11 bits per heavy atom. The molecule has 38 heavy (non-hydrogen) atoms.